The van der Waals surface area contributed by atoms with Gasteiger partial charge in [-0.2, -0.15) is 13.2 Å². The van der Waals surface area contributed by atoms with Crippen LogP contribution in [0.25, 0.3) is 0 Å². The van der Waals surface area contributed by atoms with E-state index >= 15 is 0 Å². The quantitative estimate of drug-likeness (QED) is 0.869. The maximum absolute atomic E-state index is 12.4. The summed E-state index contributed by atoms with van der Waals surface area (Å²) in [6.45, 7) is 0.179. The Hall–Kier alpha value is -2.08. The summed E-state index contributed by atoms with van der Waals surface area (Å²) in [5.41, 5.74) is 6.37. The fourth-order valence-corrected chi connectivity index (χ4v) is 1.99. The minimum absolute atomic E-state index is 0.179. The van der Waals surface area contributed by atoms with Gasteiger partial charge < -0.3 is 10.5 Å². The number of ether oxygens (including phenoxy) is 1. The van der Waals surface area contributed by atoms with Crippen molar-refractivity contribution in [3.8, 4) is 5.75 Å². The van der Waals surface area contributed by atoms with Crippen molar-refractivity contribution in [2.24, 2.45) is 5.73 Å². The lowest BCUT2D eigenvalue weighted by Gasteiger charge is -2.11. The summed E-state index contributed by atoms with van der Waals surface area (Å²) >= 11 is 4.94. The van der Waals surface area contributed by atoms with Gasteiger partial charge >= 0.3 is 6.18 Å². The first-order valence-electron chi connectivity index (χ1n) is 6.05. The predicted molar refractivity (Wildman–Crippen MR) is 78.1 cm³/mol. The van der Waals surface area contributed by atoms with Crippen LogP contribution in [0.15, 0.2) is 48.5 Å². The molecule has 0 aliphatic rings. The Bertz CT molecular complexity index is 638. The average molecular weight is 311 g/mol. The third-order valence-corrected chi connectivity index (χ3v) is 3.08. The molecule has 110 valence electrons. The van der Waals surface area contributed by atoms with Gasteiger partial charge in [-0.1, -0.05) is 36.5 Å². The molecule has 2 N–H and O–H groups in total. The molecular formula is C15H12F3NOS. The smallest absolute Gasteiger partial charge is 0.416 e. The van der Waals surface area contributed by atoms with E-state index in [1.165, 1.54) is 12.1 Å². The highest BCUT2D eigenvalue weighted by molar-refractivity contribution is 7.80. The maximum atomic E-state index is 12.4. The Morgan fingerprint density at radius 2 is 1.67 bits per heavy atom. The van der Waals surface area contributed by atoms with Gasteiger partial charge in [0.15, 0.2) is 0 Å². The van der Waals surface area contributed by atoms with Crippen LogP contribution < -0.4 is 10.5 Å². The van der Waals surface area contributed by atoms with Gasteiger partial charge in [0.2, 0.25) is 0 Å². The number of thiocarbonyl (C=S) groups is 1. The molecule has 0 saturated heterocycles. The number of hydrogen-bond acceptors (Lipinski definition) is 2. The van der Waals surface area contributed by atoms with E-state index in [0.717, 1.165) is 17.7 Å². The first kappa shape index (κ1) is 15.3. The second-order valence-corrected chi connectivity index (χ2v) is 4.77. The van der Waals surface area contributed by atoms with Gasteiger partial charge in [0.25, 0.3) is 0 Å². The van der Waals surface area contributed by atoms with Crippen molar-refractivity contribution >= 4 is 17.2 Å². The lowest BCUT2D eigenvalue weighted by molar-refractivity contribution is -0.137. The number of rotatable bonds is 4. The Morgan fingerprint density at radius 1 is 1.05 bits per heavy atom. The molecule has 0 fully saturated rings. The van der Waals surface area contributed by atoms with Crippen molar-refractivity contribution in [3.63, 3.8) is 0 Å². The van der Waals surface area contributed by atoms with Crippen LogP contribution in [-0.4, -0.2) is 4.99 Å². The Morgan fingerprint density at radius 3 is 2.24 bits per heavy atom. The first-order valence-corrected chi connectivity index (χ1v) is 6.46. The number of nitrogens with two attached hydrogens (primary N) is 1. The van der Waals surface area contributed by atoms with E-state index in [1.807, 2.05) is 6.07 Å². The van der Waals surface area contributed by atoms with Crippen LogP contribution in [0.4, 0.5) is 13.2 Å². The predicted octanol–water partition coefficient (Wildman–Crippen LogP) is 3.92. The lowest BCUT2D eigenvalue weighted by Crippen LogP contribution is -2.13. The van der Waals surface area contributed by atoms with E-state index in [1.54, 1.807) is 18.2 Å². The monoisotopic (exact) mass is 311 g/mol. The van der Waals surface area contributed by atoms with E-state index in [4.69, 9.17) is 22.7 Å². The Balaban J connectivity index is 2.09. The van der Waals surface area contributed by atoms with E-state index in [-0.39, 0.29) is 11.6 Å². The van der Waals surface area contributed by atoms with Gasteiger partial charge in [-0.25, -0.2) is 0 Å². The van der Waals surface area contributed by atoms with Gasteiger partial charge in [-0.15, -0.1) is 0 Å². The third-order valence-electron chi connectivity index (χ3n) is 2.86. The van der Waals surface area contributed by atoms with E-state index in [0.29, 0.717) is 11.3 Å². The first-order chi connectivity index (χ1) is 9.88. The molecule has 2 aromatic rings. The number of hydrogen-bond donors (Lipinski definition) is 1. The van der Waals surface area contributed by atoms with Gasteiger partial charge in [0.1, 0.15) is 17.3 Å². The Labute approximate surface area is 125 Å². The SMILES string of the molecule is NC(=S)c1ccccc1COc1ccc(C(F)(F)F)cc1. The second kappa shape index (κ2) is 6.13. The summed E-state index contributed by atoms with van der Waals surface area (Å²) in [7, 11) is 0. The third kappa shape index (κ3) is 3.95. The van der Waals surface area contributed by atoms with Crippen LogP contribution in [0, 0.1) is 0 Å². The molecule has 0 amide bonds. The maximum Gasteiger partial charge on any atom is 0.416 e. The van der Waals surface area contributed by atoms with Crippen molar-refractivity contribution in [3.05, 3.63) is 65.2 Å². The van der Waals surface area contributed by atoms with Crippen LogP contribution >= 0.6 is 12.2 Å². The molecule has 0 aliphatic carbocycles. The number of halogens is 3. The molecule has 0 aliphatic heterocycles. The lowest BCUT2D eigenvalue weighted by atomic mass is 10.1. The van der Waals surface area contributed by atoms with Gasteiger partial charge in [0.05, 0.1) is 5.56 Å². The molecule has 2 nitrogen and oxygen atoms in total. The van der Waals surface area contributed by atoms with Crippen molar-refractivity contribution in [1.29, 1.82) is 0 Å². The molecule has 0 heterocycles. The average Bonchev–Trinajstić information content (AvgIpc) is 2.45. The van der Waals surface area contributed by atoms with Crippen molar-refractivity contribution in [1.82, 2.24) is 0 Å². The molecule has 21 heavy (non-hydrogen) atoms. The minimum Gasteiger partial charge on any atom is -0.489 e. The molecule has 6 heteroatoms. The summed E-state index contributed by atoms with van der Waals surface area (Å²) in [6, 6.07) is 11.7. The topological polar surface area (TPSA) is 35.2 Å². The van der Waals surface area contributed by atoms with Crippen molar-refractivity contribution < 1.29 is 17.9 Å². The largest absolute Gasteiger partial charge is 0.489 e. The summed E-state index contributed by atoms with van der Waals surface area (Å²) in [5, 5.41) is 0. The summed E-state index contributed by atoms with van der Waals surface area (Å²) < 4.78 is 42.8. The highest BCUT2D eigenvalue weighted by atomic mass is 32.1. The second-order valence-electron chi connectivity index (χ2n) is 4.33. The molecule has 0 saturated carbocycles. The molecule has 0 spiro atoms. The van der Waals surface area contributed by atoms with Crippen LogP contribution in [-0.2, 0) is 12.8 Å². The fourth-order valence-electron chi connectivity index (χ4n) is 1.79. The van der Waals surface area contributed by atoms with Crippen molar-refractivity contribution in [2.75, 3.05) is 0 Å². The molecule has 0 aromatic heterocycles. The van der Waals surface area contributed by atoms with Crippen LogP contribution in [0.3, 0.4) is 0 Å². The molecule has 2 rings (SSSR count). The zero-order valence-corrected chi connectivity index (χ0v) is 11.7. The fraction of sp³-hybridized carbons (Fsp3) is 0.133. The molecule has 0 unspecified atom stereocenters. The van der Waals surface area contributed by atoms with E-state index in [9.17, 15) is 13.2 Å². The van der Waals surface area contributed by atoms with Crippen LogP contribution in [0.1, 0.15) is 16.7 Å². The highest BCUT2D eigenvalue weighted by Crippen LogP contribution is 2.30. The molecule has 0 radical (unpaired) electrons. The normalized spacial score (nSPS) is 11.2. The van der Waals surface area contributed by atoms with Gasteiger partial charge in [-0.3, -0.25) is 0 Å². The number of benzene rings is 2. The zero-order valence-electron chi connectivity index (χ0n) is 10.9. The van der Waals surface area contributed by atoms with E-state index in [2.05, 4.69) is 0 Å². The van der Waals surface area contributed by atoms with Crippen molar-refractivity contribution in [2.45, 2.75) is 12.8 Å². The molecule has 0 atom stereocenters. The minimum atomic E-state index is -4.35. The molecule has 2 aromatic carbocycles. The standard InChI is InChI=1S/C15H12F3NOS/c16-15(17,18)11-5-7-12(8-6-11)20-9-10-3-1-2-4-13(10)14(19)21/h1-8H,9H2,(H2,19,21). The number of alkyl halides is 3. The molecular weight excluding hydrogens is 299 g/mol. The van der Waals surface area contributed by atoms with E-state index < -0.39 is 11.7 Å². The summed E-state index contributed by atoms with van der Waals surface area (Å²) in [4.78, 5) is 0.251. The van der Waals surface area contributed by atoms with Crippen LogP contribution in [0.2, 0.25) is 0 Å². The highest BCUT2D eigenvalue weighted by Gasteiger charge is 2.29. The van der Waals surface area contributed by atoms with Crippen LogP contribution in [0.5, 0.6) is 5.75 Å². The summed E-state index contributed by atoms with van der Waals surface area (Å²) in [5.74, 6) is 0.348. The molecule has 0 bridgehead atoms. The van der Waals surface area contributed by atoms with Gasteiger partial charge in [0, 0.05) is 5.56 Å². The summed E-state index contributed by atoms with van der Waals surface area (Å²) in [6.07, 6.45) is -4.35. The Kier molecular flexibility index (Phi) is 4.47. The van der Waals surface area contributed by atoms with Gasteiger partial charge in [-0.05, 0) is 29.8 Å². The zero-order chi connectivity index (χ0) is 15.5.